The van der Waals surface area contributed by atoms with Crippen LogP contribution in [-0.4, -0.2) is 16.5 Å². The minimum absolute atomic E-state index is 0.0177. The molecule has 1 N–H and O–H groups in total. The monoisotopic (exact) mass is 307 g/mol. The average molecular weight is 307 g/mol. The Balaban J connectivity index is 2.18. The van der Waals surface area contributed by atoms with Gasteiger partial charge in [-0.2, -0.15) is 0 Å². The van der Waals surface area contributed by atoms with Gasteiger partial charge in [0, 0.05) is 29.4 Å². The molecule has 1 aromatic carbocycles. The number of nitrogens with one attached hydrogen (secondary N) is 1. The predicted octanol–water partition coefficient (Wildman–Crippen LogP) is 4.01. The minimum Gasteiger partial charge on any atom is -0.487 e. The molecule has 0 saturated carbocycles. The summed E-state index contributed by atoms with van der Waals surface area (Å²) in [6.45, 7) is 4.40. The zero-order valence-corrected chi connectivity index (χ0v) is 12.7. The van der Waals surface area contributed by atoms with Gasteiger partial charge in [0.2, 0.25) is 0 Å². The third-order valence-corrected chi connectivity index (χ3v) is 3.78. The Morgan fingerprint density at radius 2 is 2.33 bits per heavy atom. The lowest BCUT2D eigenvalue weighted by molar-refractivity contribution is -0.385. The highest BCUT2D eigenvalue weighted by Gasteiger charge is 2.16. The molecule has 1 unspecified atom stereocenters. The van der Waals surface area contributed by atoms with E-state index in [1.165, 1.54) is 6.07 Å². The van der Waals surface area contributed by atoms with Crippen LogP contribution >= 0.6 is 11.3 Å². The maximum atomic E-state index is 11.0. The van der Waals surface area contributed by atoms with Gasteiger partial charge in [-0.3, -0.25) is 10.1 Å². The molecule has 0 amide bonds. The number of rotatable bonds is 7. The van der Waals surface area contributed by atoms with Gasteiger partial charge in [0.15, 0.2) is 5.75 Å². The summed E-state index contributed by atoms with van der Waals surface area (Å²) >= 11 is 1.56. The Morgan fingerprint density at radius 1 is 1.52 bits per heavy atom. The number of nitro benzene ring substituents is 1. The molecule has 7 heteroatoms. The number of hydrogen-bond donors (Lipinski definition) is 1. The zero-order chi connectivity index (χ0) is 15.2. The first-order chi connectivity index (χ1) is 10.1. The predicted molar refractivity (Wildman–Crippen MR) is 83.0 cm³/mol. The summed E-state index contributed by atoms with van der Waals surface area (Å²) in [4.78, 5) is 14.8. The van der Waals surface area contributed by atoms with E-state index >= 15 is 0 Å². The number of anilines is 1. The number of aromatic nitrogens is 1. The van der Waals surface area contributed by atoms with Crippen LogP contribution in [0.25, 0.3) is 0 Å². The van der Waals surface area contributed by atoms with Crippen LogP contribution in [0.1, 0.15) is 31.3 Å². The maximum absolute atomic E-state index is 11.0. The van der Waals surface area contributed by atoms with E-state index in [4.69, 9.17) is 4.74 Å². The van der Waals surface area contributed by atoms with Crippen LogP contribution in [0.4, 0.5) is 11.4 Å². The SMILES string of the molecule is CCCOc1cc(NC(C)c2nccs2)ccc1[N+](=O)[O-]. The highest BCUT2D eigenvalue weighted by Crippen LogP contribution is 2.31. The van der Waals surface area contributed by atoms with Crippen molar-refractivity contribution in [1.29, 1.82) is 0 Å². The molecule has 1 atom stereocenters. The summed E-state index contributed by atoms with van der Waals surface area (Å²) in [5.74, 6) is 0.290. The van der Waals surface area contributed by atoms with Crippen molar-refractivity contribution in [2.75, 3.05) is 11.9 Å². The standard InChI is InChI=1S/C14H17N3O3S/c1-3-7-20-13-9-11(4-5-12(13)17(18)19)16-10(2)14-15-6-8-21-14/h4-6,8-10,16H,3,7H2,1-2H3. The van der Waals surface area contributed by atoms with E-state index in [1.807, 2.05) is 19.2 Å². The van der Waals surface area contributed by atoms with Crippen LogP contribution in [0.3, 0.4) is 0 Å². The second-order valence-electron chi connectivity index (χ2n) is 4.52. The molecule has 1 heterocycles. The van der Waals surface area contributed by atoms with Gasteiger partial charge in [0.25, 0.3) is 0 Å². The molecule has 6 nitrogen and oxygen atoms in total. The van der Waals surface area contributed by atoms with Gasteiger partial charge in [0.05, 0.1) is 17.6 Å². The Kier molecular flexibility index (Phi) is 5.10. The van der Waals surface area contributed by atoms with Crippen LogP contribution in [0.2, 0.25) is 0 Å². The van der Waals surface area contributed by atoms with Crippen molar-refractivity contribution in [2.45, 2.75) is 26.3 Å². The summed E-state index contributed by atoms with van der Waals surface area (Å²) in [6.07, 6.45) is 2.55. The first-order valence-electron chi connectivity index (χ1n) is 6.69. The second-order valence-corrected chi connectivity index (χ2v) is 5.45. The third-order valence-electron chi connectivity index (χ3n) is 2.82. The van der Waals surface area contributed by atoms with E-state index in [9.17, 15) is 10.1 Å². The number of nitrogens with zero attached hydrogens (tertiary/aromatic N) is 2. The van der Waals surface area contributed by atoms with Crippen molar-refractivity contribution < 1.29 is 9.66 Å². The lowest BCUT2D eigenvalue weighted by atomic mass is 10.2. The average Bonchev–Trinajstić information content (AvgIpc) is 2.99. The van der Waals surface area contributed by atoms with E-state index in [0.29, 0.717) is 6.61 Å². The van der Waals surface area contributed by atoms with Crippen LogP contribution in [0, 0.1) is 10.1 Å². The topological polar surface area (TPSA) is 77.3 Å². The molecule has 0 radical (unpaired) electrons. The van der Waals surface area contributed by atoms with Gasteiger partial charge in [0.1, 0.15) is 5.01 Å². The summed E-state index contributed by atoms with van der Waals surface area (Å²) in [6, 6.07) is 4.84. The Labute approximate surface area is 126 Å². The van der Waals surface area contributed by atoms with Crippen molar-refractivity contribution in [3.63, 3.8) is 0 Å². The van der Waals surface area contributed by atoms with Crippen LogP contribution in [0.5, 0.6) is 5.75 Å². The molecule has 0 aliphatic rings. The number of thiazole rings is 1. The van der Waals surface area contributed by atoms with Crippen LogP contribution in [0.15, 0.2) is 29.8 Å². The maximum Gasteiger partial charge on any atom is 0.311 e. The highest BCUT2D eigenvalue weighted by molar-refractivity contribution is 7.09. The number of benzene rings is 1. The van der Waals surface area contributed by atoms with Gasteiger partial charge in [-0.15, -0.1) is 11.3 Å². The fraction of sp³-hybridized carbons (Fsp3) is 0.357. The second kappa shape index (κ2) is 7.03. The summed E-state index contributed by atoms with van der Waals surface area (Å²) in [5, 5.41) is 17.2. The molecule has 21 heavy (non-hydrogen) atoms. The van der Waals surface area contributed by atoms with E-state index in [-0.39, 0.29) is 17.5 Å². The van der Waals surface area contributed by atoms with E-state index < -0.39 is 4.92 Å². The zero-order valence-electron chi connectivity index (χ0n) is 11.9. The summed E-state index contributed by atoms with van der Waals surface area (Å²) < 4.78 is 5.47. The summed E-state index contributed by atoms with van der Waals surface area (Å²) in [7, 11) is 0. The molecular weight excluding hydrogens is 290 g/mol. The first-order valence-corrected chi connectivity index (χ1v) is 7.57. The summed E-state index contributed by atoms with van der Waals surface area (Å²) in [5.41, 5.74) is 0.755. The normalized spacial score (nSPS) is 11.9. The fourth-order valence-corrected chi connectivity index (χ4v) is 2.49. The van der Waals surface area contributed by atoms with Crippen LogP contribution in [-0.2, 0) is 0 Å². The van der Waals surface area contributed by atoms with Crippen molar-refractivity contribution >= 4 is 22.7 Å². The van der Waals surface area contributed by atoms with Crippen molar-refractivity contribution in [1.82, 2.24) is 4.98 Å². The van der Waals surface area contributed by atoms with Crippen molar-refractivity contribution in [3.8, 4) is 5.75 Å². The van der Waals surface area contributed by atoms with E-state index in [1.54, 1.807) is 29.7 Å². The van der Waals surface area contributed by atoms with Gasteiger partial charge < -0.3 is 10.1 Å². The molecule has 0 spiro atoms. The Hall–Kier alpha value is -2.15. The molecule has 0 aliphatic heterocycles. The van der Waals surface area contributed by atoms with Gasteiger partial charge in [-0.05, 0) is 19.4 Å². The molecule has 112 valence electrons. The smallest absolute Gasteiger partial charge is 0.311 e. The first kappa shape index (κ1) is 15.2. The number of ether oxygens (including phenoxy) is 1. The van der Waals surface area contributed by atoms with Crippen LogP contribution < -0.4 is 10.1 Å². The quantitative estimate of drug-likeness (QED) is 0.617. The third kappa shape index (κ3) is 3.91. The van der Waals surface area contributed by atoms with Gasteiger partial charge in [-0.1, -0.05) is 6.92 Å². The molecular formula is C14H17N3O3S. The fourth-order valence-electron chi connectivity index (χ4n) is 1.84. The molecule has 0 bridgehead atoms. The molecule has 1 aromatic heterocycles. The molecule has 0 aliphatic carbocycles. The number of nitro groups is 1. The number of hydrogen-bond acceptors (Lipinski definition) is 6. The van der Waals surface area contributed by atoms with Crippen molar-refractivity contribution in [2.24, 2.45) is 0 Å². The lowest BCUT2D eigenvalue weighted by Gasteiger charge is -2.14. The molecule has 2 rings (SSSR count). The van der Waals surface area contributed by atoms with E-state index in [2.05, 4.69) is 10.3 Å². The Morgan fingerprint density at radius 3 is 2.95 bits per heavy atom. The lowest BCUT2D eigenvalue weighted by Crippen LogP contribution is -2.07. The largest absolute Gasteiger partial charge is 0.487 e. The van der Waals surface area contributed by atoms with Crippen molar-refractivity contribution in [3.05, 3.63) is 44.9 Å². The molecule has 0 saturated heterocycles. The molecule has 2 aromatic rings. The molecule has 0 fully saturated rings. The van der Waals surface area contributed by atoms with Gasteiger partial charge in [-0.25, -0.2) is 4.98 Å². The minimum atomic E-state index is -0.432. The van der Waals surface area contributed by atoms with E-state index in [0.717, 1.165) is 17.1 Å². The van der Waals surface area contributed by atoms with Gasteiger partial charge >= 0.3 is 5.69 Å². The highest BCUT2D eigenvalue weighted by atomic mass is 32.1. The Bertz CT molecular complexity index is 602.